The molecule has 1 rings (SSSR count). The largest absolute Gasteiger partial charge is 0.316 e. The Morgan fingerprint density at radius 3 is 2.11 bits per heavy atom. The molecule has 1 nitrogen and oxygen atoms in total. The van der Waals surface area contributed by atoms with Crippen molar-refractivity contribution in [3.63, 3.8) is 0 Å². The van der Waals surface area contributed by atoms with Crippen molar-refractivity contribution in [2.75, 3.05) is 13.1 Å². The summed E-state index contributed by atoms with van der Waals surface area (Å²) in [6.45, 7) is 11.4. The zero-order chi connectivity index (χ0) is 14.1. The van der Waals surface area contributed by atoms with Gasteiger partial charge >= 0.3 is 0 Å². The molecule has 0 saturated heterocycles. The Morgan fingerprint density at radius 1 is 0.947 bits per heavy atom. The van der Waals surface area contributed by atoms with Crippen LogP contribution in [0, 0.1) is 6.92 Å². The van der Waals surface area contributed by atoms with Crippen LogP contribution in [0.4, 0.5) is 0 Å². The monoisotopic (exact) mass is 261 g/mol. The molecule has 0 aliphatic rings. The number of aryl methyl sites for hydroxylation is 1. The second-order valence-corrected chi connectivity index (χ2v) is 5.77. The molecule has 0 fully saturated rings. The summed E-state index contributed by atoms with van der Waals surface area (Å²) in [5.74, 6) is 0. The van der Waals surface area contributed by atoms with Crippen LogP contribution in [0.15, 0.2) is 24.3 Å². The van der Waals surface area contributed by atoms with Crippen LogP contribution in [0.3, 0.4) is 0 Å². The highest BCUT2D eigenvalue weighted by Gasteiger charge is 2.31. The van der Waals surface area contributed by atoms with Gasteiger partial charge in [-0.2, -0.15) is 0 Å². The SMILES string of the molecule is CCCNCC(CCC)(CCC)c1ccccc1C. The number of benzene rings is 1. The molecule has 0 bridgehead atoms. The van der Waals surface area contributed by atoms with E-state index in [2.05, 4.69) is 57.3 Å². The van der Waals surface area contributed by atoms with Crippen molar-refractivity contribution in [1.29, 1.82) is 0 Å². The lowest BCUT2D eigenvalue weighted by atomic mass is 9.72. The van der Waals surface area contributed by atoms with E-state index < -0.39 is 0 Å². The molecule has 0 amide bonds. The third kappa shape index (κ3) is 4.35. The molecule has 0 aliphatic heterocycles. The van der Waals surface area contributed by atoms with Gasteiger partial charge in [-0.25, -0.2) is 0 Å². The lowest BCUT2D eigenvalue weighted by Crippen LogP contribution is -2.39. The first-order valence-electron chi connectivity index (χ1n) is 7.97. The summed E-state index contributed by atoms with van der Waals surface area (Å²) in [4.78, 5) is 0. The number of hydrogen-bond acceptors (Lipinski definition) is 1. The highest BCUT2D eigenvalue weighted by Crippen LogP contribution is 2.35. The molecule has 1 N–H and O–H groups in total. The number of nitrogens with one attached hydrogen (secondary N) is 1. The Hall–Kier alpha value is -0.820. The topological polar surface area (TPSA) is 12.0 Å². The maximum atomic E-state index is 3.67. The van der Waals surface area contributed by atoms with Gasteiger partial charge in [-0.1, -0.05) is 57.9 Å². The zero-order valence-electron chi connectivity index (χ0n) is 13.3. The predicted molar refractivity (Wildman–Crippen MR) is 85.8 cm³/mol. The van der Waals surface area contributed by atoms with Gasteiger partial charge in [0.1, 0.15) is 0 Å². The van der Waals surface area contributed by atoms with Crippen LogP contribution >= 0.6 is 0 Å². The van der Waals surface area contributed by atoms with Crippen LogP contribution < -0.4 is 5.32 Å². The standard InChI is InChI=1S/C18H31N/c1-5-12-18(13-6-2,15-19-14-7-3)17-11-9-8-10-16(17)4/h8-11,19H,5-7,12-15H2,1-4H3. The second kappa shape index (κ2) is 8.37. The summed E-state index contributed by atoms with van der Waals surface area (Å²) in [6.07, 6.45) is 6.27. The molecule has 0 aromatic heterocycles. The smallest absolute Gasteiger partial charge is 0.00802 e. The molecule has 1 aromatic carbocycles. The van der Waals surface area contributed by atoms with Gasteiger partial charge in [0.25, 0.3) is 0 Å². The van der Waals surface area contributed by atoms with Crippen LogP contribution in [0.2, 0.25) is 0 Å². The Bertz CT molecular complexity index is 350. The highest BCUT2D eigenvalue weighted by molar-refractivity contribution is 5.34. The van der Waals surface area contributed by atoms with Crippen LogP contribution in [0.1, 0.15) is 64.0 Å². The average Bonchev–Trinajstić information content (AvgIpc) is 2.40. The van der Waals surface area contributed by atoms with Crippen LogP contribution in [0.5, 0.6) is 0 Å². The lowest BCUT2D eigenvalue weighted by Gasteiger charge is -2.36. The maximum absolute atomic E-state index is 3.67. The minimum absolute atomic E-state index is 0.323. The fraction of sp³-hybridized carbons (Fsp3) is 0.667. The first kappa shape index (κ1) is 16.2. The van der Waals surface area contributed by atoms with E-state index in [4.69, 9.17) is 0 Å². The fourth-order valence-corrected chi connectivity index (χ4v) is 3.30. The quantitative estimate of drug-likeness (QED) is 0.628. The van der Waals surface area contributed by atoms with E-state index in [0.717, 1.165) is 13.1 Å². The minimum Gasteiger partial charge on any atom is -0.316 e. The van der Waals surface area contributed by atoms with Crippen molar-refractivity contribution in [3.8, 4) is 0 Å². The third-order valence-corrected chi connectivity index (χ3v) is 4.06. The normalized spacial score (nSPS) is 11.8. The minimum atomic E-state index is 0.323. The number of hydrogen-bond donors (Lipinski definition) is 1. The van der Waals surface area contributed by atoms with Gasteiger partial charge in [-0.05, 0) is 43.9 Å². The number of rotatable bonds is 9. The molecule has 19 heavy (non-hydrogen) atoms. The first-order chi connectivity index (χ1) is 9.20. The van der Waals surface area contributed by atoms with Gasteiger partial charge in [0.15, 0.2) is 0 Å². The average molecular weight is 261 g/mol. The van der Waals surface area contributed by atoms with E-state index in [0.29, 0.717) is 5.41 Å². The molecule has 108 valence electrons. The molecular formula is C18H31N. The molecule has 0 aliphatic carbocycles. The molecule has 0 unspecified atom stereocenters. The summed E-state index contributed by atoms with van der Waals surface area (Å²) in [6, 6.07) is 8.95. The maximum Gasteiger partial charge on any atom is 0.00802 e. The van der Waals surface area contributed by atoms with Gasteiger partial charge in [0.05, 0.1) is 0 Å². The lowest BCUT2D eigenvalue weighted by molar-refractivity contribution is 0.334. The Labute approximate surface area is 119 Å². The third-order valence-electron chi connectivity index (χ3n) is 4.06. The van der Waals surface area contributed by atoms with Crippen molar-refractivity contribution in [1.82, 2.24) is 5.32 Å². The van der Waals surface area contributed by atoms with Crippen molar-refractivity contribution in [2.24, 2.45) is 0 Å². The Kier molecular flexibility index (Phi) is 7.15. The van der Waals surface area contributed by atoms with E-state index in [1.807, 2.05) is 0 Å². The predicted octanol–water partition coefficient (Wildman–Crippen LogP) is 4.83. The summed E-state index contributed by atoms with van der Waals surface area (Å²) in [5, 5.41) is 3.67. The summed E-state index contributed by atoms with van der Waals surface area (Å²) in [7, 11) is 0. The molecular weight excluding hydrogens is 230 g/mol. The Balaban J connectivity index is 3.03. The van der Waals surface area contributed by atoms with E-state index >= 15 is 0 Å². The van der Waals surface area contributed by atoms with Gasteiger partial charge in [-0.3, -0.25) is 0 Å². The second-order valence-electron chi connectivity index (χ2n) is 5.77. The molecule has 0 heterocycles. The Morgan fingerprint density at radius 2 is 1.58 bits per heavy atom. The fourth-order valence-electron chi connectivity index (χ4n) is 3.30. The van der Waals surface area contributed by atoms with Crippen molar-refractivity contribution >= 4 is 0 Å². The van der Waals surface area contributed by atoms with Gasteiger partial charge in [0.2, 0.25) is 0 Å². The van der Waals surface area contributed by atoms with Crippen molar-refractivity contribution in [3.05, 3.63) is 35.4 Å². The zero-order valence-corrected chi connectivity index (χ0v) is 13.3. The molecule has 0 saturated carbocycles. The first-order valence-corrected chi connectivity index (χ1v) is 7.97. The van der Waals surface area contributed by atoms with E-state index in [9.17, 15) is 0 Å². The summed E-state index contributed by atoms with van der Waals surface area (Å²) in [5.41, 5.74) is 3.33. The van der Waals surface area contributed by atoms with E-state index in [-0.39, 0.29) is 0 Å². The van der Waals surface area contributed by atoms with Crippen LogP contribution in [0.25, 0.3) is 0 Å². The molecule has 0 atom stereocenters. The van der Waals surface area contributed by atoms with Gasteiger partial charge < -0.3 is 5.32 Å². The van der Waals surface area contributed by atoms with Gasteiger partial charge in [0, 0.05) is 12.0 Å². The van der Waals surface area contributed by atoms with Crippen molar-refractivity contribution < 1.29 is 0 Å². The molecule has 0 radical (unpaired) electrons. The van der Waals surface area contributed by atoms with E-state index in [1.165, 1.54) is 37.7 Å². The molecule has 1 aromatic rings. The highest BCUT2D eigenvalue weighted by atomic mass is 14.9. The summed E-state index contributed by atoms with van der Waals surface area (Å²) >= 11 is 0. The van der Waals surface area contributed by atoms with Gasteiger partial charge in [-0.15, -0.1) is 0 Å². The van der Waals surface area contributed by atoms with E-state index in [1.54, 1.807) is 5.56 Å². The molecule has 0 spiro atoms. The van der Waals surface area contributed by atoms with Crippen molar-refractivity contribution in [2.45, 2.75) is 65.2 Å². The van der Waals surface area contributed by atoms with Crippen LogP contribution in [-0.4, -0.2) is 13.1 Å². The van der Waals surface area contributed by atoms with Crippen LogP contribution in [-0.2, 0) is 5.41 Å². The molecule has 1 heteroatoms. The summed E-state index contributed by atoms with van der Waals surface area (Å²) < 4.78 is 0.